The largest absolute Gasteiger partial charge is 0.359 e. The van der Waals surface area contributed by atoms with Gasteiger partial charge >= 0.3 is 0 Å². The fourth-order valence-electron chi connectivity index (χ4n) is 1.10. The molecular weight excluding hydrogens is 160 g/mol. The molecule has 72 valence electrons. The molecule has 1 rings (SSSR count). The van der Waals surface area contributed by atoms with Crippen molar-refractivity contribution in [2.75, 3.05) is 33.7 Å². The molecule has 4 nitrogen and oxygen atoms in total. The average molecular weight is 176 g/mol. The lowest BCUT2D eigenvalue weighted by atomic mass is 10.2. The molecule has 1 saturated heterocycles. The highest BCUT2D eigenvalue weighted by atomic mass is 16.7. The molecule has 0 aromatic heterocycles. The molecule has 0 N–H and O–H groups in total. The number of rotatable bonds is 5. The van der Waals surface area contributed by atoms with E-state index < -0.39 is 5.79 Å². The summed E-state index contributed by atoms with van der Waals surface area (Å²) in [5, 5.41) is 0. The Morgan fingerprint density at radius 1 is 1.33 bits per heavy atom. The first kappa shape index (κ1) is 9.92. The Labute approximate surface area is 72.7 Å². The van der Waals surface area contributed by atoms with E-state index in [1.807, 2.05) is 6.92 Å². The van der Waals surface area contributed by atoms with Crippen molar-refractivity contribution in [3.63, 3.8) is 0 Å². The molecule has 1 aliphatic rings. The minimum absolute atomic E-state index is 0.329. The summed E-state index contributed by atoms with van der Waals surface area (Å²) < 4.78 is 20.6. The summed E-state index contributed by atoms with van der Waals surface area (Å²) in [6, 6.07) is 0. The summed E-state index contributed by atoms with van der Waals surface area (Å²) in [5.74, 6) is -0.437. The molecule has 12 heavy (non-hydrogen) atoms. The molecule has 0 aromatic carbocycles. The first-order valence-corrected chi connectivity index (χ1v) is 4.11. The lowest BCUT2D eigenvalue weighted by Crippen LogP contribution is -2.27. The molecule has 0 bridgehead atoms. The van der Waals surface area contributed by atoms with E-state index in [0.717, 1.165) is 6.42 Å². The van der Waals surface area contributed by atoms with Crippen LogP contribution in [0.15, 0.2) is 0 Å². The number of methoxy groups -OCH3 is 1. The maximum absolute atomic E-state index is 5.38. The van der Waals surface area contributed by atoms with Gasteiger partial charge in [-0.2, -0.15) is 0 Å². The lowest BCUT2D eigenvalue weighted by Gasteiger charge is -2.21. The van der Waals surface area contributed by atoms with Crippen LogP contribution in [-0.4, -0.2) is 39.5 Å². The topological polar surface area (TPSA) is 36.9 Å². The van der Waals surface area contributed by atoms with Crippen molar-refractivity contribution in [3.8, 4) is 0 Å². The molecule has 0 amide bonds. The van der Waals surface area contributed by atoms with Gasteiger partial charge in [0.2, 0.25) is 0 Å². The third-order valence-corrected chi connectivity index (χ3v) is 1.80. The third-order valence-electron chi connectivity index (χ3n) is 1.80. The first-order chi connectivity index (χ1) is 5.77. The fraction of sp³-hybridized carbons (Fsp3) is 1.00. The second-order valence-corrected chi connectivity index (χ2v) is 2.90. The van der Waals surface area contributed by atoms with Crippen LogP contribution in [0.3, 0.4) is 0 Å². The maximum atomic E-state index is 5.38. The van der Waals surface area contributed by atoms with Crippen LogP contribution >= 0.6 is 0 Å². The van der Waals surface area contributed by atoms with Crippen LogP contribution in [0.25, 0.3) is 0 Å². The van der Waals surface area contributed by atoms with Crippen LogP contribution < -0.4 is 0 Å². The monoisotopic (exact) mass is 176 g/mol. The average Bonchev–Trinajstić information content (AvgIpc) is 2.47. The molecule has 0 aromatic rings. The van der Waals surface area contributed by atoms with Gasteiger partial charge in [-0.25, -0.2) is 0 Å². The second kappa shape index (κ2) is 4.77. The number of ether oxygens (including phenoxy) is 4. The van der Waals surface area contributed by atoms with Gasteiger partial charge in [-0.05, 0) is 6.92 Å². The standard InChI is InChI=1S/C8H16O4/c1-8(11-5-6-12-8)3-4-10-7-9-2/h3-7H2,1-2H3. The van der Waals surface area contributed by atoms with Gasteiger partial charge < -0.3 is 18.9 Å². The summed E-state index contributed by atoms with van der Waals surface area (Å²) in [4.78, 5) is 0. The van der Waals surface area contributed by atoms with E-state index in [4.69, 9.17) is 18.9 Å². The Kier molecular flexibility index (Phi) is 3.94. The van der Waals surface area contributed by atoms with Crippen molar-refractivity contribution in [2.24, 2.45) is 0 Å². The van der Waals surface area contributed by atoms with Crippen LogP contribution in [-0.2, 0) is 18.9 Å². The van der Waals surface area contributed by atoms with Crippen molar-refractivity contribution in [3.05, 3.63) is 0 Å². The first-order valence-electron chi connectivity index (χ1n) is 4.11. The number of hydrogen-bond donors (Lipinski definition) is 0. The highest BCUT2D eigenvalue weighted by Crippen LogP contribution is 2.21. The van der Waals surface area contributed by atoms with Crippen LogP contribution in [0.1, 0.15) is 13.3 Å². The minimum atomic E-state index is -0.437. The van der Waals surface area contributed by atoms with Crippen LogP contribution in [0, 0.1) is 0 Å². The van der Waals surface area contributed by atoms with E-state index in [1.54, 1.807) is 7.11 Å². The zero-order valence-corrected chi connectivity index (χ0v) is 7.67. The van der Waals surface area contributed by atoms with Gasteiger partial charge in [0.05, 0.1) is 19.8 Å². The summed E-state index contributed by atoms with van der Waals surface area (Å²) in [6.07, 6.45) is 0.746. The van der Waals surface area contributed by atoms with Gasteiger partial charge in [-0.1, -0.05) is 0 Å². The number of hydrogen-bond acceptors (Lipinski definition) is 4. The molecule has 0 spiro atoms. The Balaban J connectivity index is 2.05. The van der Waals surface area contributed by atoms with Crippen LogP contribution in [0.2, 0.25) is 0 Å². The van der Waals surface area contributed by atoms with Crippen molar-refractivity contribution in [1.29, 1.82) is 0 Å². The molecular formula is C8H16O4. The molecule has 0 unspecified atom stereocenters. The Morgan fingerprint density at radius 3 is 2.58 bits per heavy atom. The van der Waals surface area contributed by atoms with Crippen LogP contribution in [0.5, 0.6) is 0 Å². The quantitative estimate of drug-likeness (QED) is 0.458. The zero-order valence-electron chi connectivity index (χ0n) is 7.67. The lowest BCUT2D eigenvalue weighted by molar-refractivity contribution is -0.161. The molecule has 1 fully saturated rings. The highest BCUT2D eigenvalue weighted by Gasteiger charge is 2.30. The predicted molar refractivity (Wildman–Crippen MR) is 42.8 cm³/mol. The maximum Gasteiger partial charge on any atom is 0.167 e. The predicted octanol–water partition coefficient (Wildman–Crippen LogP) is 0.760. The van der Waals surface area contributed by atoms with E-state index in [2.05, 4.69) is 0 Å². The van der Waals surface area contributed by atoms with Crippen molar-refractivity contribution in [2.45, 2.75) is 19.1 Å². The minimum Gasteiger partial charge on any atom is -0.359 e. The molecule has 1 heterocycles. The van der Waals surface area contributed by atoms with Gasteiger partial charge in [-0.3, -0.25) is 0 Å². The third kappa shape index (κ3) is 3.06. The van der Waals surface area contributed by atoms with Crippen LogP contribution in [0.4, 0.5) is 0 Å². The Hall–Kier alpha value is -0.160. The SMILES string of the molecule is COCOCCC1(C)OCCO1. The highest BCUT2D eigenvalue weighted by molar-refractivity contribution is 4.67. The van der Waals surface area contributed by atoms with E-state index in [9.17, 15) is 0 Å². The molecule has 0 atom stereocenters. The molecule has 1 aliphatic heterocycles. The summed E-state index contributed by atoms with van der Waals surface area (Å²) in [7, 11) is 1.60. The van der Waals surface area contributed by atoms with Gasteiger partial charge in [-0.15, -0.1) is 0 Å². The van der Waals surface area contributed by atoms with Gasteiger partial charge in [0, 0.05) is 13.5 Å². The molecule has 0 saturated carbocycles. The summed E-state index contributed by atoms with van der Waals surface area (Å²) in [5.41, 5.74) is 0. The Morgan fingerprint density at radius 2 is 2.00 bits per heavy atom. The molecule has 0 aliphatic carbocycles. The van der Waals surface area contributed by atoms with E-state index in [0.29, 0.717) is 26.6 Å². The van der Waals surface area contributed by atoms with E-state index in [1.165, 1.54) is 0 Å². The van der Waals surface area contributed by atoms with Crippen molar-refractivity contribution < 1.29 is 18.9 Å². The van der Waals surface area contributed by atoms with Gasteiger partial charge in [0.1, 0.15) is 6.79 Å². The Bertz CT molecular complexity index is 120. The second-order valence-electron chi connectivity index (χ2n) is 2.90. The summed E-state index contributed by atoms with van der Waals surface area (Å²) in [6.45, 7) is 4.22. The molecule has 4 heteroatoms. The zero-order chi connectivity index (χ0) is 8.86. The fourth-order valence-corrected chi connectivity index (χ4v) is 1.10. The summed E-state index contributed by atoms with van der Waals surface area (Å²) >= 11 is 0. The smallest absolute Gasteiger partial charge is 0.167 e. The van der Waals surface area contributed by atoms with Gasteiger partial charge in [0.25, 0.3) is 0 Å². The van der Waals surface area contributed by atoms with Gasteiger partial charge in [0.15, 0.2) is 5.79 Å². The van der Waals surface area contributed by atoms with Crippen molar-refractivity contribution >= 4 is 0 Å². The normalized spacial score (nSPS) is 21.5. The van der Waals surface area contributed by atoms with E-state index in [-0.39, 0.29) is 0 Å². The van der Waals surface area contributed by atoms with Crippen molar-refractivity contribution in [1.82, 2.24) is 0 Å². The molecule has 0 radical (unpaired) electrons. The van der Waals surface area contributed by atoms with E-state index >= 15 is 0 Å².